The van der Waals surface area contributed by atoms with Crippen molar-refractivity contribution in [2.75, 3.05) is 24.8 Å². The van der Waals surface area contributed by atoms with Gasteiger partial charge in [-0.1, -0.05) is 0 Å². The van der Waals surface area contributed by atoms with E-state index in [9.17, 15) is 19.7 Å². The molecule has 0 saturated carbocycles. The van der Waals surface area contributed by atoms with Crippen LogP contribution in [0.1, 0.15) is 5.56 Å². The molecule has 0 fully saturated rings. The first-order valence-electron chi connectivity index (χ1n) is 7.86. The molecule has 2 rings (SSSR count). The summed E-state index contributed by atoms with van der Waals surface area (Å²) in [5.74, 6) is -0.253. The molecule has 0 radical (unpaired) electrons. The Kier molecular flexibility index (Phi) is 7.18. The van der Waals surface area contributed by atoms with Crippen molar-refractivity contribution in [1.29, 1.82) is 0 Å². The van der Waals surface area contributed by atoms with Gasteiger partial charge in [0.25, 0.3) is 11.6 Å². The molecule has 0 bridgehead atoms. The van der Waals surface area contributed by atoms with Crippen molar-refractivity contribution in [2.24, 2.45) is 0 Å². The summed E-state index contributed by atoms with van der Waals surface area (Å²) in [6.07, 6.45) is 0. The molecule has 142 valence electrons. The molecule has 2 aromatic rings. The number of hydrogen-bond donors (Lipinski definition) is 1. The van der Waals surface area contributed by atoms with Crippen molar-refractivity contribution in [3.05, 3.63) is 58.1 Å². The zero-order chi connectivity index (χ0) is 19.8. The van der Waals surface area contributed by atoms with Gasteiger partial charge in [0.05, 0.1) is 17.8 Å². The SMILES string of the molecule is COc1ccc(SCC(=O)OCC(=O)Nc2ccc([N+](=O)[O-])cc2C)cc1. The zero-order valence-electron chi connectivity index (χ0n) is 14.8. The van der Waals surface area contributed by atoms with Crippen LogP contribution in [0.2, 0.25) is 0 Å². The third-order valence-corrected chi connectivity index (χ3v) is 4.46. The van der Waals surface area contributed by atoms with E-state index in [1.807, 2.05) is 12.1 Å². The Hall–Kier alpha value is -3.07. The zero-order valence-corrected chi connectivity index (χ0v) is 15.6. The van der Waals surface area contributed by atoms with Gasteiger partial charge in [0, 0.05) is 22.7 Å². The Balaban J connectivity index is 1.77. The maximum Gasteiger partial charge on any atom is 0.316 e. The average Bonchev–Trinajstić information content (AvgIpc) is 2.66. The number of thioether (sulfide) groups is 1. The van der Waals surface area contributed by atoms with Gasteiger partial charge < -0.3 is 14.8 Å². The highest BCUT2D eigenvalue weighted by molar-refractivity contribution is 8.00. The maximum absolute atomic E-state index is 11.9. The predicted molar refractivity (Wildman–Crippen MR) is 101 cm³/mol. The van der Waals surface area contributed by atoms with E-state index in [2.05, 4.69) is 5.32 Å². The molecule has 0 aliphatic rings. The molecule has 8 nitrogen and oxygen atoms in total. The van der Waals surface area contributed by atoms with Crippen LogP contribution in [0, 0.1) is 17.0 Å². The minimum atomic E-state index is -0.522. The minimum absolute atomic E-state index is 0.0625. The number of aryl methyl sites for hydroxylation is 1. The van der Waals surface area contributed by atoms with Gasteiger partial charge in [-0.3, -0.25) is 19.7 Å². The molecule has 0 aliphatic heterocycles. The average molecular weight is 390 g/mol. The standard InChI is InChI=1S/C18H18N2O6S/c1-12-9-13(20(23)24)3-8-16(12)19-17(21)10-26-18(22)11-27-15-6-4-14(25-2)5-7-15/h3-9H,10-11H2,1-2H3,(H,19,21). The second kappa shape index (κ2) is 9.58. The number of nitrogens with one attached hydrogen (secondary N) is 1. The monoisotopic (exact) mass is 390 g/mol. The van der Waals surface area contributed by atoms with Crippen LogP contribution in [-0.4, -0.2) is 36.3 Å². The van der Waals surface area contributed by atoms with E-state index in [0.29, 0.717) is 11.3 Å². The van der Waals surface area contributed by atoms with Crippen LogP contribution in [-0.2, 0) is 14.3 Å². The number of anilines is 1. The Morgan fingerprint density at radius 2 is 1.89 bits per heavy atom. The lowest BCUT2D eigenvalue weighted by molar-refractivity contribution is -0.384. The Morgan fingerprint density at radius 3 is 2.48 bits per heavy atom. The van der Waals surface area contributed by atoms with Gasteiger partial charge in [0.2, 0.25) is 0 Å². The van der Waals surface area contributed by atoms with Crippen LogP contribution >= 0.6 is 11.8 Å². The van der Waals surface area contributed by atoms with Crippen LogP contribution in [0.5, 0.6) is 5.75 Å². The number of non-ortho nitro benzene ring substituents is 1. The van der Waals surface area contributed by atoms with Crippen LogP contribution in [0.15, 0.2) is 47.4 Å². The number of benzene rings is 2. The summed E-state index contributed by atoms with van der Waals surface area (Å²) < 4.78 is 10.00. The van der Waals surface area contributed by atoms with E-state index in [1.54, 1.807) is 26.2 Å². The number of nitro benzene ring substituents is 1. The molecule has 0 spiro atoms. The molecular weight excluding hydrogens is 372 g/mol. The molecule has 27 heavy (non-hydrogen) atoms. The Morgan fingerprint density at radius 1 is 1.19 bits per heavy atom. The quantitative estimate of drug-likeness (QED) is 0.319. The summed E-state index contributed by atoms with van der Waals surface area (Å²) in [7, 11) is 1.57. The molecule has 2 aromatic carbocycles. The first kappa shape index (κ1) is 20.2. The second-order valence-corrected chi connectivity index (χ2v) is 6.48. The van der Waals surface area contributed by atoms with Crippen molar-refractivity contribution in [1.82, 2.24) is 0 Å². The lowest BCUT2D eigenvalue weighted by Crippen LogP contribution is -2.22. The number of methoxy groups -OCH3 is 1. The molecule has 0 heterocycles. The van der Waals surface area contributed by atoms with Crippen molar-refractivity contribution in [2.45, 2.75) is 11.8 Å². The number of ether oxygens (including phenoxy) is 2. The van der Waals surface area contributed by atoms with Crippen LogP contribution in [0.4, 0.5) is 11.4 Å². The molecule has 0 aliphatic carbocycles. The third-order valence-electron chi connectivity index (χ3n) is 3.48. The first-order valence-corrected chi connectivity index (χ1v) is 8.85. The van der Waals surface area contributed by atoms with Gasteiger partial charge in [-0.15, -0.1) is 11.8 Å². The molecule has 0 saturated heterocycles. The summed E-state index contributed by atoms with van der Waals surface area (Å²) in [6.45, 7) is 1.21. The van der Waals surface area contributed by atoms with Gasteiger partial charge in [-0.25, -0.2) is 0 Å². The van der Waals surface area contributed by atoms with E-state index >= 15 is 0 Å². The van der Waals surface area contributed by atoms with E-state index in [4.69, 9.17) is 9.47 Å². The van der Waals surface area contributed by atoms with Crippen LogP contribution < -0.4 is 10.1 Å². The summed E-state index contributed by atoms with van der Waals surface area (Å²) >= 11 is 1.28. The van der Waals surface area contributed by atoms with Crippen molar-refractivity contribution in [3.63, 3.8) is 0 Å². The van der Waals surface area contributed by atoms with Gasteiger partial charge in [-0.2, -0.15) is 0 Å². The first-order chi connectivity index (χ1) is 12.9. The lowest BCUT2D eigenvalue weighted by Gasteiger charge is -2.09. The largest absolute Gasteiger partial charge is 0.497 e. The van der Waals surface area contributed by atoms with E-state index in [-0.39, 0.29) is 11.4 Å². The Labute approximate surface area is 160 Å². The minimum Gasteiger partial charge on any atom is -0.497 e. The normalized spacial score (nSPS) is 10.1. The molecule has 9 heteroatoms. The fourth-order valence-electron chi connectivity index (χ4n) is 2.09. The van der Waals surface area contributed by atoms with Crippen molar-refractivity contribution in [3.8, 4) is 5.75 Å². The topological polar surface area (TPSA) is 108 Å². The maximum atomic E-state index is 11.9. The van der Waals surface area contributed by atoms with E-state index in [0.717, 1.165) is 10.6 Å². The number of hydrogen-bond acceptors (Lipinski definition) is 7. The molecule has 0 atom stereocenters. The molecule has 1 N–H and O–H groups in total. The van der Waals surface area contributed by atoms with Gasteiger partial charge in [-0.05, 0) is 42.8 Å². The number of amides is 1. The van der Waals surface area contributed by atoms with Gasteiger partial charge >= 0.3 is 5.97 Å². The highest BCUT2D eigenvalue weighted by atomic mass is 32.2. The fourth-order valence-corrected chi connectivity index (χ4v) is 2.79. The fraction of sp³-hybridized carbons (Fsp3) is 0.222. The molecule has 0 unspecified atom stereocenters. The van der Waals surface area contributed by atoms with Gasteiger partial charge in [0.15, 0.2) is 6.61 Å². The summed E-state index contributed by atoms with van der Waals surface area (Å²) in [5.41, 5.74) is 0.903. The van der Waals surface area contributed by atoms with Crippen molar-refractivity contribution >= 4 is 35.0 Å². The highest BCUT2D eigenvalue weighted by Gasteiger charge is 2.12. The molecule has 0 aromatic heterocycles. The number of nitro groups is 1. The summed E-state index contributed by atoms with van der Waals surface area (Å²) in [5, 5.41) is 13.3. The number of nitrogens with zero attached hydrogens (tertiary/aromatic N) is 1. The van der Waals surface area contributed by atoms with Crippen molar-refractivity contribution < 1.29 is 24.0 Å². The van der Waals surface area contributed by atoms with E-state index < -0.39 is 23.4 Å². The van der Waals surface area contributed by atoms with Crippen LogP contribution in [0.25, 0.3) is 0 Å². The third kappa shape index (κ3) is 6.30. The number of rotatable bonds is 8. The molecule has 1 amide bonds. The lowest BCUT2D eigenvalue weighted by atomic mass is 10.2. The number of esters is 1. The van der Waals surface area contributed by atoms with E-state index in [1.165, 1.54) is 30.0 Å². The molecular formula is C18H18N2O6S. The highest BCUT2D eigenvalue weighted by Crippen LogP contribution is 2.22. The number of carbonyl (C=O) groups is 2. The second-order valence-electron chi connectivity index (χ2n) is 5.43. The summed E-state index contributed by atoms with van der Waals surface area (Å²) in [4.78, 5) is 34.7. The smallest absolute Gasteiger partial charge is 0.316 e. The Bertz CT molecular complexity index is 838. The predicted octanol–water partition coefficient (Wildman–Crippen LogP) is 3.19. The van der Waals surface area contributed by atoms with Gasteiger partial charge in [0.1, 0.15) is 5.75 Å². The summed E-state index contributed by atoms with van der Waals surface area (Å²) in [6, 6.07) is 11.3. The number of carbonyl (C=O) groups excluding carboxylic acids is 2. The van der Waals surface area contributed by atoms with Crippen LogP contribution in [0.3, 0.4) is 0 Å².